The summed E-state index contributed by atoms with van der Waals surface area (Å²) in [5, 5.41) is 9.87. The zero-order valence-electron chi connectivity index (χ0n) is 12.5. The molecule has 1 N–H and O–H groups in total. The fraction of sp³-hybridized carbons (Fsp3) is 0.562. The molecule has 4 nitrogen and oxygen atoms in total. The summed E-state index contributed by atoms with van der Waals surface area (Å²) in [4.78, 5) is 13.6. The number of rotatable bonds is 5. The first-order chi connectivity index (χ1) is 9.43. The van der Waals surface area contributed by atoms with Gasteiger partial charge in [0.15, 0.2) is 0 Å². The Morgan fingerprint density at radius 1 is 1.35 bits per heavy atom. The lowest BCUT2D eigenvalue weighted by Gasteiger charge is -2.46. The molecule has 4 heteroatoms. The third-order valence-electron chi connectivity index (χ3n) is 4.04. The Morgan fingerprint density at radius 2 is 2.05 bits per heavy atom. The van der Waals surface area contributed by atoms with Crippen molar-refractivity contribution in [2.24, 2.45) is 0 Å². The summed E-state index contributed by atoms with van der Waals surface area (Å²) >= 11 is 0. The van der Waals surface area contributed by atoms with Gasteiger partial charge in [0.05, 0.1) is 31.7 Å². The molecule has 0 aliphatic carbocycles. The van der Waals surface area contributed by atoms with Crippen molar-refractivity contribution in [1.82, 2.24) is 4.90 Å². The molecule has 1 fully saturated rings. The molecule has 1 saturated heterocycles. The Kier molecular flexibility index (Phi) is 4.33. The van der Waals surface area contributed by atoms with Crippen molar-refractivity contribution in [2.45, 2.75) is 39.2 Å². The van der Waals surface area contributed by atoms with Gasteiger partial charge in [-0.25, -0.2) is 0 Å². The molecule has 1 amide bonds. The molecule has 1 aromatic carbocycles. The number of benzene rings is 1. The van der Waals surface area contributed by atoms with Crippen LogP contribution in [0.4, 0.5) is 0 Å². The van der Waals surface area contributed by atoms with Crippen LogP contribution in [0.1, 0.15) is 30.9 Å². The molecule has 0 atom stereocenters. The lowest BCUT2D eigenvalue weighted by molar-refractivity contribution is -0.156. The van der Waals surface area contributed by atoms with E-state index in [-0.39, 0.29) is 5.91 Å². The van der Waals surface area contributed by atoms with Gasteiger partial charge in [-0.3, -0.25) is 4.79 Å². The minimum Gasteiger partial charge on any atom is -0.493 e. The summed E-state index contributed by atoms with van der Waals surface area (Å²) in [6.45, 7) is 7.31. The number of amides is 1. The Hall–Kier alpha value is -1.55. The fourth-order valence-electron chi connectivity index (χ4n) is 2.28. The van der Waals surface area contributed by atoms with Crippen LogP contribution < -0.4 is 4.74 Å². The Balaban J connectivity index is 1.73. The van der Waals surface area contributed by atoms with Gasteiger partial charge in [-0.2, -0.15) is 0 Å². The van der Waals surface area contributed by atoms with E-state index in [9.17, 15) is 9.90 Å². The second kappa shape index (κ2) is 5.83. The Morgan fingerprint density at radius 3 is 2.65 bits per heavy atom. The number of carbonyl (C=O) groups excluding carboxylic acids is 1. The Bertz CT molecular complexity index is 492. The number of likely N-dealkylation sites (tertiary alicyclic amines) is 1. The zero-order valence-corrected chi connectivity index (χ0v) is 12.5. The maximum absolute atomic E-state index is 11.9. The third kappa shape index (κ3) is 3.31. The van der Waals surface area contributed by atoms with Crippen LogP contribution in [0.3, 0.4) is 0 Å². The first-order valence-electron chi connectivity index (χ1n) is 7.14. The van der Waals surface area contributed by atoms with Gasteiger partial charge in [-0.05, 0) is 43.5 Å². The van der Waals surface area contributed by atoms with E-state index in [4.69, 9.17) is 4.74 Å². The molecule has 0 aromatic heterocycles. The first-order valence-corrected chi connectivity index (χ1v) is 7.14. The van der Waals surface area contributed by atoms with Gasteiger partial charge in [0.1, 0.15) is 5.75 Å². The molecule has 20 heavy (non-hydrogen) atoms. The van der Waals surface area contributed by atoms with Crippen LogP contribution >= 0.6 is 0 Å². The molecule has 2 rings (SSSR count). The number of β-amino-alcohol motifs (C(OH)–C–C–N with tert-alkyl or cyclic N) is 1. The molecule has 1 aliphatic heterocycles. The normalized spacial score (nSPS) is 16.7. The molecular weight excluding hydrogens is 254 g/mol. The monoisotopic (exact) mass is 277 g/mol. The van der Waals surface area contributed by atoms with Crippen LogP contribution in [-0.4, -0.2) is 41.2 Å². The molecule has 110 valence electrons. The number of hydrogen-bond acceptors (Lipinski definition) is 3. The lowest BCUT2D eigenvalue weighted by Crippen LogP contribution is -2.63. The quantitative estimate of drug-likeness (QED) is 0.896. The summed E-state index contributed by atoms with van der Waals surface area (Å²) in [6, 6.07) is 5.93. The van der Waals surface area contributed by atoms with Crippen LogP contribution in [0.5, 0.6) is 5.75 Å². The smallest absolute Gasteiger partial charge is 0.226 e. The SMILES string of the molecule is CCC1(O)CN(C(=O)CCOc2ccc(C)c(C)c2)C1. The Labute approximate surface area is 120 Å². The number of ether oxygens (including phenoxy) is 1. The van der Waals surface area contributed by atoms with Crippen LogP contribution in [0, 0.1) is 13.8 Å². The van der Waals surface area contributed by atoms with Crippen molar-refractivity contribution >= 4 is 5.91 Å². The van der Waals surface area contributed by atoms with Crippen molar-refractivity contribution < 1.29 is 14.6 Å². The number of carbonyl (C=O) groups is 1. The molecule has 1 aromatic rings. The van der Waals surface area contributed by atoms with Gasteiger partial charge in [0.25, 0.3) is 0 Å². The maximum Gasteiger partial charge on any atom is 0.226 e. The molecule has 0 unspecified atom stereocenters. The maximum atomic E-state index is 11.9. The molecular formula is C16H23NO3. The second-order valence-electron chi connectivity index (χ2n) is 5.67. The molecule has 0 bridgehead atoms. The second-order valence-corrected chi connectivity index (χ2v) is 5.67. The van der Waals surface area contributed by atoms with E-state index in [0.29, 0.717) is 32.5 Å². The molecule has 0 radical (unpaired) electrons. The summed E-state index contributed by atoms with van der Waals surface area (Å²) in [5.41, 5.74) is 1.75. The summed E-state index contributed by atoms with van der Waals surface area (Å²) in [6.07, 6.45) is 1.04. The zero-order chi connectivity index (χ0) is 14.8. The van der Waals surface area contributed by atoms with Crippen molar-refractivity contribution in [3.05, 3.63) is 29.3 Å². The average Bonchev–Trinajstić information content (AvgIpc) is 2.39. The molecule has 1 heterocycles. The standard InChI is InChI=1S/C16H23NO3/c1-4-16(19)10-17(11-16)15(18)7-8-20-14-6-5-12(2)13(3)9-14/h5-6,9,19H,4,7-8,10-11H2,1-3H3. The van der Waals surface area contributed by atoms with Crippen LogP contribution in [0.15, 0.2) is 18.2 Å². The highest BCUT2D eigenvalue weighted by Crippen LogP contribution is 2.24. The van der Waals surface area contributed by atoms with Crippen LogP contribution in [0.25, 0.3) is 0 Å². The number of aliphatic hydroxyl groups is 1. The van der Waals surface area contributed by atoms with E-state index < -0.39 is 5.60 Å². The van der Waals surface area contributed by atoms with Gasteiger partial charge in [-0.15, -0.1) is 0 Å². The van der Waals surface area contributed by atoms with Gasteiger partial charge >= 0.3 is 0 Å². The van der Waals surface area contributed by atoms with E-state index in [1.807, 2.05) is 32.0 Å². The van der Waals surface area contributed by atoms with E-state index in [0.717, 1.165) is 5.75 Å². The molecule has 0 spiro atoms. The summed E-state index contributed by atoms with van der Waals surface area (Å²) in [5.74, 6) is 0.849. The van der Waals surface area contributed by atoms with E-state index in [1.54, 1.807) is 4.90 Å². The number of nitrogens with zero attached hydrogens (tertiary/aromatic N) is 1. The predicted octanol–water partition coefficient (Wildman–Crippen LogP) is 2.06. The van der Waals surface area contributed by atoms with Crippen molar-refractivity contribution in [3.8, 4) is 5.75 Å². The topological polar surface area (TPSA) is 49.8 Å². The summed E-state index contributed by atoms with van der Waals surface area (Å²) < 4.78 is 5.60. The highest BCUT2D eigenvalue weighted by Gasteiger charge is 2.41. The van der Waals surface area contributed by atoms with Crippen LogP contribution in [0.2, 0.25) is 0 Å². The van der Waals surface area contributed by atoms with Gasteiger partial charge in [0.2, 0.25) is 5.91 Å². The van der Waals surface area contributed by atoms with Crippen molar-refractivity contribution in [2.75, 3.05) is 19.7 Å². The van der Waals surface area contributed by atoms with Gasteiger partial charge in [-0.1, -0.05) is 13.0 Å². The van der Waals surface area contributed by atoms with Gasteiger partial charge in [0, 0.05) is 0 Å². The summed E-state index contributed by atoms with van der Waals surface area (Å²) in [7, 11) is 0. The van der Waals surface area contributed by atoms with Crippen LogP contribution in [-0.2, 0) is 4.79 Å². The fourth-order valence-corrected chi connectivity index (χ4v) is 2.28. The predicted molar refractivity (Wildman–Crippen MR) is 77.8 cm³/mol. The average molecular weight is 277 g/mol. The highest BCUT2D eigenvalue weighted by molar-refractivity contribution is 5.77. The number of aryl methyl sites for hydroxylation is 2. The molecule has 1 aliphatic rings. The van der Waals surface area contributed by atoms with E-state index in [1.165, 1.54) is 11.1 Å². The highest BCUT2D eigenvalue weighted by atomic mass is 16.5. The van der Waals surface area contributed by atoms with Gasteiger partial charge < -0.3 is 14.7 Å². The van der Waals surface area contributed by atoms with E-state index >= 15 is 0 Å². The molecule has 0 saturated carbocycles. The number of hydrogen-bond donors (Lipinski definition) is 1. The van der Waals surface area contributed by atoms with Crippen molar-refractivity contribution in [3.63, 3.8) is 0 Å². The van der Waals surface area contributed by atoms with Crippen molar-refractivity contribution in [1.29, 1.82) is 0 Å². The first kappa shape index (κ1) is 14.9. The minimum atomic E-state index is -0.662. The third-order valence-corrected chi connectivity index (χ3v) is 4.04. The lowest BCUT2D eigenvalue weighted by atomic mass is 9.91. The van der Waals surface area contributed by atoms with E-state index in [2.05, 4.69) is 6.92 Å². The minimum absolute atomic E-state index is 0.0481. The largest absolute Gasteiger partial charge is 0.493 e.